The van der Waals surface area contributed by atoms with Gasteiger partial charge in [0.05, 0.1) is 11.6 Å². The first-order chi connectivity index (χ1) is 13.7. The van der Waals surface area contributed by atoms with Gasteiger partial charge < -0.3 is 10.6 Å². The Labute approximate surface area is 189 Å². The van der Waals surface area contributed by atoms with Crippen LogP contribution in [0, 0.1) is 17.1 Å². The Kier molecular flexibility index (Phi) is 9.35. The minimum absolute atomic E-state index is 0. The van der Waals surface area contributed by atoms with E-state index in [-0.39, 0.29) is 24.0 Å². The zero-order valence-electron chi connectivity index (χ0n) is 16.6. The number of hydrogen-bond donors (Lipinski definition) is 2. The normalized spacial score (nSPS) is 14.2. The fourth-order valence-corrected chi connectivity index (χ4v) is 3.31. The zero-order valence-corrected chi connectivity index (χ0v) is 18.9. The Bertz CT molecular complexity index is 854. The molecule has 0 spiro atoms. The minimum Gasteiger partial charge on any atom is -0.352 e. The molecule has 3 rings (SSSR count). The van der Waals surface area contributed by atoms with E-state index in [1.165, 1.54) is 37.6 Å². The highest BCUT2D eigenvalue weighted by Gasteiger charge is 2.11. The summed E-state index contributed by atoms with van der Waals surface area (Å²) in [5.41, 5.74) is 3.31. The van der Waals surface area contributed by atoms with Gasteiger partial charge in [0.1, 0.15) is 5.82 Å². The van der Waals surface area contributed by atoms with Crippen molar-refractivity contribution >= 4 is 29.9 Å². The molecule has 2 aromatic rings. The van der Waals surface area contributed by atoms with E-state index < -0.39 is 5.82 Å². The summed E-state index contributed by atoms with van der Waals surface area (Å²) < 4.78 is 14.0. The van der Waals surface area contributed by atoms with E-state index in [1.54, 1.807) is 19.2 Å². The lowest BCUT2D eigenvalue weighted by Crippen LogP contribution is -2.36. The first-order valence-corrected chi connectivity index (χ1v) is 9.61. The maximum atomic E-state index is 14.0. The van der Waals surface area contributed by atoms with Gasteiger partial charge in [0.25, 0.3) is 0 Å². The van der Waals surface area contributed by atoms with Gasteiger partial charge in [-0.05, 0) is 49.2 Å². The van der Waals surface area contributed by atoms with Gasteiger partial charge in [-0.3, -0.25) is 9.89 Å². The van der Waals surface area contributed by atoms with Crippen LogP contribution in [0.3, 0.4) is 0 Å². The van der Waals surface area contributed by atoms with Gasteiger partial charge in [-0.2, -0.15) is 5.26 Å². The van der Waals surface area contributed by atoms with Crippen LogP contribution in [0.5, 0.6) is 0 Å². The van der Waals surface area contributed by atoms with Crippen LogP contribution in [0.4, 0.5) is 4.39 Å². The maximum absolute atomic E-state index is 14.0. The topological polar surface area (TPSA) is 63.5 Å². The minimum atomic E-state index is -0.393. The van der Waals surface area contributed by atoms with Crippen molar-refractivity contribution in [2.24, 2.45) is 4.99 Å². The number of nitrogens with one attached hydrogen (secondary N) is 2. The van der Waals surface area contributed by atoms with Gasteiger partial charge in [0.15, 0.2) is 5.96 Å². The molecule has 1 aliphatic heterocycles. The van der Waals surface area contributed by atoms with Crippen LogP contribution in [-0.4, -0.2) is 31.0 Å². The number of benzene rings is 2. The van der Waals surface area contributed by atoms with Crippen molar-refractivity contribution in [2.75, 3.05) is 20.1 Å². The van der Waals surface area contributed by atoms with Gasteiger partial charge in [0, 0.05) is 32.2 Å². The number of halogens is 2. The molecule has 1 saturated heterocycles. The molecule has 0 bridgehead atoms. The van der Waals surface area contributed by atoms with Gasteiger partial charge in [-0.15, -0.1) is 24.0 Å². The van der Waals surface area contributed by atoms with E-state index in [1.807, 2.05) is 6.07 Å². The van der Waals surface area contributed by atoms with E-state index in [0.29, 0.717) is 30.2 Å². The lowest BCUT2D eigenvalue weighted by molar-refractivity contribution is 0.331. The predicted molar refractivity (Wildman–Crippen MR) is 125 cm³/mol. The first-order valence-electron chi connectivity index (χ1n) is 9.61. The third kappa shape index (κ3) is 6.98. The molecule has 5 nitrogen and oxygen atoms in total. The molecule has 0 unspecified atom stereocenters. The molecule has 154 valence electrons. The summed E-state index contributed by atoms with van der Waals surface area (Å²) in [6, 6.07) is 15.0. The Morgan fingerprint density at radius 3 is 2.34 bits per heavy atom. The quantitative estimate of drug-likeness (QED) is 0.355. The van der Waals surface area contributed by atoms with E-state index in [4.69, 9.17) is 5.26 Å². The summed E-state index contributed by atoms with van der Waals surface area (Å²) in [6.45, 7) is 4.36. The molecular formula is C22H27FIN5. The predicted octanol–water partition coefficient (Wildman–Crippen LogP) is 3.78. The summed E-state index contributed by atoms with van der Waals surface area (Å²) in [6.07, 6.45) is 2.61. The van der Waals surface area contributed by atoms with Crippen LogP contribution in [0.1, 0.15) is 35.1 Å². The molecule has 0 saturated carbocycles. The monoisotopic (exact) mass is 507 g/mol. The summed E-state index contributed by atoms with van der Waals surface area (Å²) in [5, 5.41) is 15.2. The molecular weight excluding hydrogens is 480 g/mol. The Hall–Kier alpha value is -2.18. The van der Waals surface area contributed by atoms with Gasteiger partial charge in [0.2, 0.25) is 0 Å². The second kappa shape index (κ2) is 11.7. The van der Waals surface area contributed by atoms with Crippen LogP contribution in [0.25, 0.3) is 0 Å². The highest BCUT2D eigenvalue weighted by Crippen LogP contribution is 2.13. The summed E-state index contributed by atoms with van der Waals surface area (Å²) in [7, 11) is 1.68. The largest absolute Gasteiger partial charge is 0.352 e. The number of hydrogen-bond acceptors (Lipinski definition) is 3. The fraction of sp³-hybridized carbons (Fsp3) is 0.364. The standard InChI is InChI=1S/C22H26FN5.HI/c1-25-22(27-15-20-9-8-19(13-24)12-21(20)23)26-14-17-4-6-18(7-5-17)16-28-10-2-3-11-28;/h4-9,12H,2-3,10-11,14-16H2,1H3,(H2,25,26,27);1H. The van der Waals surface area contributed by atoms with Crippen LogP contribution in [0.2, 0.25) is 0 Å². The highest BCUT2D eigenvalue weighted by atomic mass is 127. The van der Waals surface area contributed by atoms with Crippen molar-refractivity contribution < 1.29 is 4.39 Å². The molecule has 1 fully saturated rings. The van der Waals surface area contributed by atoms with Gasteiger partial charge >= 0.3 is 0 Å². The number of nitriles is 1. The van der Waals surface area contributed by atoms with E-state index in [2.05, 4.69) is 44.8 Å². The second-order valence-electron chi connectivity index (χ2n) is 7.00. The fourth-order valence-electron chi connectivity index (χ4n) is 3.31. The van der Waals surface area contributed by atoms with E-state index >= 15 is 0 Å². The molecule has 0 aliphatic carbocycles. The number of rotatable bonds is 6. The average molecular weight is 507 g/mol. The Morgan fingerprint density at radius 1 is 1.07 bits per heavy atom. The molecule has 1 aliphatic rings. The SMILES string of the molecule is CN=C(NCc1ccc(CN2CCCC2)cc1)NCc1ccc(C#N)cc1F.I. The molecule has 1 heterocycles. The van der Waals surface area contributed by atoms with Crippen molar-refractivity contribution in [1.82, 2.24) is 15.5 Å². The molecule has 0 amide bonds. The maximum Gasteiger partial charge on any atom is 0.191 e. The molecule has 2 N–H and O–H groups in total. The first kappa shape index (κ1) is 23.1. The average Bonchev–Trinajstić information content (AvgIpc) is 3.23. The van der Waals surface area contributed by atoms with Crippen molar-refractivity contribution in [3.05, 3.63) is 70.5 Å². The molecule has 29 heavy (non-hydrogen) atoms. The lowest BCUT2D eigenvalue weighted by atomic mass is 10.1. The number of likely N-dealkylation sites (tertiary alicyclic amines) is 1. The zero-order chi connectivity index (χ0) is 19.8. The lowest BCUT2D eigenvalue weighted by Gasteiger charge is -2.15. The summed E-state index contributed by atoms with van der Waals surface area (Å²) >= 11 is 0. The molecule has 0 radical (unpaired) electrons. The molecule has 0 aromatic heterocycles. The van der Waals surface area contributed by atoms with Crippen LogP contribution in [-0.2, 0) is 19.6 Å². The van der Waals surface area contributed by atoms with Gasteiger partial charge in [-0.25, -0.2) is 4.39 Å². The third-order valence-corrected chi connectivity index (χ3v) is 4.94. The second-order valence-corrected chi connectivity index (χ2v) is 7.00. The van der Waals surface area contributed by atoms with Crippen LogP contribution in [0.15, 0.2) is 47.5 Å². The smallest absolute Gasteiger partial charge is 0.191 e. The number of nitrogens with zero attached hydrogens (tertiary/aromatic N) is 3. The molecule has 7 heteroatoms. The van der Waals surface area contributed by atoms with Crippen molar-refractivity contribution in [2.45, 2.75) is 32.5 Å². The molecule has 2 aromatic carbocycles. The van der Waals surface area contributed by atoms with Gasteiger partial charge in [-0.1, -0.05) is 30.3 Å². The van der Waals surface area contributed by atoms with E-state index in [0.717, 1.165) is 12.1 Å². The summed E-state index contributed by atoms with van der Waals surface area (Å²) in [4.78, 5) is 6.67. The van der Waals surface area contributed by atoms with Crippen molar-refractivity contribution in [1.29, 1.82) is 5.26 Å². The summed E-state index contributed by atoms with van der Waals surface area (Å²) in [5.74, 6) is 0.209. The van der Waals surface area contributed by atoms with Crippen LogP contribution < -0.4 is 10.6 Å². The van der Waals surface area contributed by atoms with Crippen molar-refractivity contribution in [3.63, 3.8) is 0 Å². The van der Waals surface area contributed by atoms with E-state index in [9.17, 15) is 4.39 Å². The third-order valence-electron chi connectivity index (χ3n) is 4.94. The Balaban J connectivity index is 0.00000300. The van der Waals surface area contributed by atoms with Crippen LogP contribution >= 0.6 is 24.0 Å². The Morgan fingerprint density at radius 2 is 1.72 bits per heavy atom. The molecule has 0 atom stereocenters. The van der Waals surface area contributed by atoms with Crippen molar-refractivity contribution in [3.8, 4) is 6.07 Å². The highest BCUT2D eigenvalue weighted by molar-refractivity contribution is 14.0. The number of aliphatic imine (C=N–C) groups is 1. The number of guanidine groups is 1.